The summed E-state index contributed by atoms with van der Waals surface area (Å²) in [5.41, 5.74) is -0.936. The molecule has 1 fully saturated rings. The first-order valence-electron chi connectivity index (χ1n) is 6.53. The van der Waals surface area contributed by atoms with Crippen molar-refractivity contribution >= 4 is 21.7 Å². The maximum absolute atomic E-state index is 12.0. The Morgan fingerprint density at radius 3 is 2.48 bits per heavy atom. The van der Waals surface area contributed by atoms with E-state index in [1.54, 1.807) is 18.2 Å². The second-order valence-corrected chi connectivity index (χ2v) is 6.68. The van der Waals surface area contributed by atoms with E-state index in [4.69, 9.17) is 4.74 Å². The van der Waals surface area contributed by atoms with E-state index in [1.165, 1.54) is 13.1 Å². The van der Waals surface area contributed by atoms with Crippen LogP contribution in [0.2, 0.25) is 0 Å². The highest BCUT2D eigenvalue weighted by Gasteiger charge is 2.41. The average Bonchev–Trinajstić information content (AvgIpc) is 2.48. The van der Waals surface area contributed by atoms with Crippen LogP contribution in [0.4, 0.5) is 5.69 Å². The Balaban J connectivity index is 2.41. The largest absolute Gasteiger partial charge is 0.480 e. The predicted molar refractivity (Wildman–Crippen MR) is 76.7 cm³/mol. The first-order chi connectivity index (χ1) is 9.91. The normalized spacial score (nSPS) is 18.1. The number of sulfonamides is 1. The molecule has 1 aliphatic rings. The number of carbonyl (C=O) groups is 1. The summed E-state index contributed by atoms with van der Waals surface area (Å²) in [4.78, 5) is 11.7. The maximum Gasteiger partial charge on any atom is 0.329 e. The molecule has 2 rings (SSSR count). The Morgan fingerprint density at radius 2 is 1.90 bits per heavy atom. The summed E-state index contributed by atoms with van der Waals surface area (Å²) in [6, 6.07) is 6.24. The summed E-state index contributed by atoms with van der Waals surface area (Å²) in [6.45, 7) is 0.639. The van der Waals surface area contributed by atoms with Crippen LogP contribution in [0.1, 0.15) is 12.8 Å². The molecule has 1 aliphatic heterocycles. The van der Waals surface area contributed by atoms with Crippen LogP contribution in [0.15, 0.2) is 29.2 Å². The number of hydrogen-bond acceptors (Lipinski definition) is 5. The fourth-order valence-corrected chi connectivity index (χ4v) is 3.17. The molecule has 1 aromatic rings. The molecule has 1 heterocycles. The standard InChI is InChI=1S/C13H18N2O5S/c1-14-21(18,19)11-5-3-2-4-10(11)15-13(12(16)17)6-8-20-9-7-13/h2-5,14-15H,6-9H2,1H3,(H,16,17). The van der Waals surface area contributed by atoms with Gasteiger partial charge in [0.05, 0.1) is 5.69 Å². The van der Waals surface area contributed by atoms with Gasteiger partial charge in [0.2, 0.25) is 10.0 Å². The van der Waals surface area contributed by atoms with Crippen LogP contribution in [0.25, 0.3) is 0 Å². The molecule has 0 aromatic heterocycles. The third kappa shape index (κ3) is 3.17. The van der Waals surface area contributed by atoms with Crippen molar-refractivity contribution in [1.82, 2.24) is 4.72 Å². The molecule has 8 heteroatoms. The minimum Gasteiger partial charge on any atom is -0.480 e. The molecule has 1 saturated heterocycles. The molecular formula is C13H18N2O5S. The Kier molecular flexibility index (Phi) is 4.50. The number of hydrogen-bond donors (Lipinski definition) is 3. The number of ether oxygens (including phenoxy) is 1. The quantitative estimate of drug-likeness (QED) is 0.737. The number of benzene rings is 1. The predicted octanol–water partition coefficient (Wildman–Crippen LogP) is 0.640. The van der Waals surface area contributed by atoms with E-state index >= 15 is 0 Å². The molecule has 21 heavy (non-hydrogen) atoms. The maximum atomic E-state index is 12.0. The number of anilines is 1. The third-order valence-electron chi connectivity index (χ3n) is 3.57. The second kappa shape index (κ2) is 6.00. The van der Waals surface area contributed by atoms with Crippen LogP contribution >= 0.6 is 0 Å². The highest BCUT2D eigenvalue weighted by molar-refractivity contribution is 7.89. The Hall–Kier alpha value is -1.64. The van der Waals surface area contributed by atoms with Crippen molar-refractivity contribution in [3.05, 3.63) is 24.3 Å². The smallest absolute Gasteiger partial charge is 0.329 e. The zero-order chi connectivity index (χ0) is 15.5. The third-order valence-corrected chi connectivity index (χ3v) is 5.05. The van der Waals surface area contributed by atoms with Gasteiger partial charge in [-0.25, -0.2) is 17.9 Å². The van der Waals surface area contributed by atoms with Gasteiger partial charge in [-0.1, -0.05) is 12.1 Å². The zero-order valence-electron chi connectivity index (χ0n) is 11.6. The molecule has 0 unspecified atom stereocenters. The lowest BCUT2D eigenvalue weighted by Crippen LogP contribution is -2.50. The summed E-state index contributed by atoms with van der Waals surface area (Å²) < 4.78 is 31.5. The van der Waals surface area contributed by atoms with Crippen molar-refractivity contribution in [2.75, 3.05) is 25.6 Å². The van der Waals surface area contributed by atoms with Crippen LogP contribution in [-0.4, -0.2) is 45.3 Å². The van der Waals surface area contributed by atoms with Crippen molar-refractivity contribution in [3.63, 3.8) is 0 Å². The SMILES string of the molecule is CNS(=O)(=O)c1ccccc1NC1(C(=O)O)CCOCC1. The van der Waals surface area contributed by atoms with Gasteiger partial charge in [-0.2, -0.15) is 0 Å². The summed E-state index contributed by atoms with van der Waals surface area (Å²) in [6.07, 6.45) is 0.548. The number of para-hydroxylation sites is 1. The lowest BCUT2D eigenvalue weighted by molar-refractivity contribution is -0.145. The topological polar surface area (TPSA) is 105 Å². The van der Waals surface area contributed by atoms with Crippen LogP contribution < -0.4 is 10.0 Å². The highest BCUT2D eigenvalue weighted by Crippen LogP contribution is 2.30. The Bertz CT molecular complexity index is 623. The van der Waals surface area contributed by atoms with E-state index in [9.17, 15) is 18.3 Å². The van der Waals surface area contributed by atoms with Gasteiger partial charge < -0.3 is 15.2 Å². The molecule has 0 aliphatic carbocycles. The minimum atomic E-state index is -3.67. The molecule has 7 nitrogen and oxygen atoms in total. The first kappa shape index (κ1) is 15.7. The molecule has 0 atom stereocenters. The molecule has 3 N–H and O–H groups in total. The van der Waals surface area contributed by atoms with Gasteiger partial charge in [0, 0.05) is 26.1 Å². The summed E-state index contributed by atoms with van der Waals surface area (Å²) in [5.74, 6) is -1.01. The highest BCUT2D eigenvalue weighted by atomic mass is 32.2. The van der Waals surface area contributed by atoms with Gasteiger partial charge in [0.1, 0.15) is 10.4 Å². The lowest BCUT2D eigenvalue weighted by atomic mass is 9.90. The van der Waals surface area contributed by atoms with E-state index in [0.717, 1.165) is 0 Å². The number of rotatable bonds is 5. The van der Waals surface area contributed by atoms with Gasteiger partial charge in [0.25, 0.3) is 0 Å². The van der Waals surface area contributed by atoms with Crippen LogP contribution in [0.5, 0.6) is 0 Å². The molecule has 0 saturated carbocycles. The van der Waals surface area contributed by atoms with E-state index < -0.39 is 21.5 Å². The van der Waals surface area contributed by atoms with Crippen molar-refractivity contribution in [2.45, 2.75) is 23.3 Å². The van der Waals surface area contributed by atoms with Crippen molar-refractivity contribution in [1.29, 1.82) is 0 Å². The van der Waals surface area contributed by atoms with Gasteiger partial charge in [-0.15, -0.1) is 0 Å². The van der Waals surface area contributed by atoms with Crippen LogP contribution in [0, 0.1) is 0 Å². The molecule has 0 amide bonds. The van der Waals surface area contributed by atoms with Crippen LogP contribution in [-0.2, 0) is 19.6 Å². The molecule has 1 aromatic carbocycles. The summed E-state index contributed by atoms with van der Waals surface area (Å²) in [5, 5.41) is 12.4. The molecule has 116 valence electrons. The van der Waals surface area contributed by atoms with E-state index in [2.05, 4.69) is 10.0 Å². The van der Waals surface area contributed by atoms with Crippen molar-refractivity contribution in [3.8, 4) is 0 Å². The molecular weight excluding hydrogens is 296 g/mol. The Morgan fingerprint density at radius 1 is 1.29 bits per heavy atom. The number of nitrogens with one attached hydrogen (secondary N) is 2. The molecule has 0 radical (unpaired) electrons. The first-order valence-corrected chi connectivity index (χ1v) is 8.01. The summed E-state index contributed by atoms with van der Waals surface area (Å²) in [7, 11) is -2.36. The number of aliphatic carboxylic acids is 1. The lowest BCUT2D eigenvalue weighted by Gasteiger charge is -2.35. The molecule has 0 bridgehead atoms. The minimum absolute atomic E-state index is 0.0274. The van der Waals surface area contributed by atoms with E-state index in [0.29, 0.717) is 13.2 Å². The average molecular weight is 314 g/mol. The number of carboxylic acids is 1. The fourth-order valence-electron chi connectivity index (χ4n) is 2.28. The van der Waals surface area contributed by atoms with Crippen LogP contribution in [0.3, 0.4) is 0 Å². The van der Waals surface area contributed by atoms with Gasteiger partial charge in [-0.05, 0) is 19.2 Å². The van der Waals surface area contributed by atoms with E-state index in [-0.39, 0.29) is 23.4 Å². The molecule has 0 spiro atoms. The van der Waals surface area contributed by atoms with Gasteiger partial charge >= 0.3 is 5.97 Å². The van der Waals surface area contributed by atoms with Gasteiger partial charge in [0.15, 0.2) is 0 Å². The fraction of sp³-hybridized carbons (Fsp3) is 0.462. The Labute approximate surface area is 123 Å². The summed E-state index contributed by atoms with van der Waals surface area (Å²) >= 11 is 0. The second-order valence-electron chi connectivity index (χ2n) is 4.83. The monoisotopic (exact) mass is 314 g/mol. The van der Waals surface area contributed by atoms with E-state index in [1.807, 2.05) is 0 Å². The zero-order valence-corrected chi connectivity index (χ0v) is 12.4. The van der Waals surface area contributed by atoms with Crippen molar-refractivity contribution < 1.29 is 23.1 Å². The van der Waals surface area contributed by atoms with Gasteiger partial charge in [-0.3, -0.25) is 0 Å². The number of carboxylic acid groups (broad SMARTS) is 1. The van der Waals surface area contributed by atoms with Crippen molar-refractivity contribution in [2.24, 2.45) is 0 Å².